The van der Waals surface area contributed by atoms with Gasteiger partial charge in [-0.05, 0) is 26.0 Å². The van der Waals surface area contributed by atoms with Crippen molar-refractivity contribution in [3.8, 4) is 0 Å². The zero-order chi connectivity index (χ0) is 14.0. The van der Waals surface area contributed by atoms with E-state index in [-0.39, 0.29) is 17.1 Å². The fourth-order valence-electron chi connectivity index (χ4n) is 1.53. The first kappa shape index (κ1) is 14.4. The fourth-order valence-corrected chi connectivity index (χ4v) is 2.31. The number of rotatable bonds is 5. The molecule has 0 saturated heterocycles. The van der Waals surface area contributed by atoms with Crippen molar-refractivity contribution in [2.24, 2.45) is 0 Å². The van der Waals surface area contributed by atoms with E-state index in [0.29, 0.717) is 0 Å². The highest BCUT2D eigenvalue weighted by molar-refractivity contribution is 7.90. The summed E-state index contributed by atoms with van der Waals surface area (Å²) < 4.78 is 23.1. The van der Waals surface area contributed by atoms with E-state index in [1.807, 2.05) is 0 Å². The summed E-state index contributed by atoms with van der Waals surface area (Å²) in [5.41, 5.74) is -0.792. The van der Waals surface area contributed by atoms with Gasteiger partial charge in [-0.25, -0.2) is 13.4 Å². The minimum absolute atomic E-state index is 0.0588. The first-order chi connectivity index (χ1) is 8.12. The van der Waals surface area contributed by atoms with Crippen molar-refractivity contribution in [1.82, 2.24) is 4.98 Å². The maximum absolute atomic E-state index is 11.6. The smallest absolute Gasteiger partial charge is 0.305 e. The summed E-state index contributed by atoms with van der Waals surface area (Å²) in [4.78, 5) is 14.7. The molecule has 0 aliphatic rings. The Kier molecular flexibility index (Phi) is 3.95. The van der Waals surface area contributed by atoms with Crippen LogP contribution in [-0.2, 0) is 14.6 Å². The summed E-state index contributed by atoms with van der Waals surface area (Å²) in [5.74, 6) is -0.796. The molecule has 100 valence electrons. The van der Waals surface area contributed by atoms with Crippen molar-refractivity contribution in [2.45, 2.75) is 30.7 Å². The van der Waals surface area contributed by atoms with Gasteiger partial charge in [-0.3, -0.25) is 4.79 Å². The third-order valence-corrected chi connectivity index (χ3v) is 3.35. The molecular weight excluding hydrogens is 256 g/mol. The van der Waals surface area contributed by atoms with Gasteiger partial charge in [0.2, 0.25) is 0 Å². The molecule has 0 aromatic carbocycles. The number of hydrogen-bond acceptors (Lipinski definition) is 5. The lowest BCUT2D eigenvalue weighted by Crippen LogP contribution is -2.34. The predicted octanol–water partition coefficient (Wildman–Crippen LogP) is 1.15. The highest BCUT2D eigenvalue weighted by Crippen LogP contribution is 2.23. The van der Waals surface area contributed by atoms with Crippen LogP contribution in [0.1, 0.15) is 20.3 Å². The van der Waals surface area contributed by atoms with E-state index in [0.717, 1.165) is 6.26 Å². The highest BCUT2D eigenvalue weighted by atomic mass is 32.2. The number of nitrogens with one attached hydrogen (secondary N) is 1. The van der Waals surface area contributed by atoms with Crippen molar-refractivity contribution in [3.63, 3.8) is 0 Å². The summed E-state index contributed by atoms with van der Waals surface area (Å²) in [6, 6.07) is 2.95. The number of carboxylic acids is 1. The zero-order valence-electron chi connectivity index (χ0n) is 10.5. The Labute approximate surface area is 106 Å². The average molecular weight is 272 g/mol. The van der Waals surface area contributed by atoms with E-state index >= 15 is 0 Å². The molecule has 7 heteroatoms. The highest BCUT2D eigenvalue weighted by Gasteiger charge is 2.24. The van der Waals surface area contributed by atoms with Gasteiger partial charge in [-0.1, -0.05) is 0 Å². The molecule has 1 aromatic heterocycles. The van der Waals surface area contributed by atoms with Crippen LogP contribution in [0.4, 0.5) is 5.82 Å². The molecule has 1 rings (SSSR count). The Bertz CT molecular complexity index is 552. The van der Waals surface area contributed by atoms with E-state index < -0.39 is 21.3 Å². The molecule has 6 nitrogen and oxygen atoms in total. The lowest BCUT2D eigenvalue weighted by atomic mass is 10.0. The van der Waals surface area contributed by atoms with Crippen LogP contribution in [0.5, 0.6) is 0 Å². The zero-order valence-corrected chi connectivity index (χ0v) is 11.3. The van der Waals surface area contributed by atoms with Crippen LogP contribution < -0.4 is 5.32 Å². The standard InChI is InChI=1S/C11H16N2O4S/c1-11(2,7-9(14)15)13-10-8(18(3,16)17)5-4-6-12-10/h4-6H,7H2,1-3H3,(H,12,13)(H,14,15). The predicted molar refractivity (Wildman–Crippen MR) is 67.3 cm³/mol. The van der Waals surface area contributed by atoms with Gasteiger partial charge in [0, 0.05) is 18.0 Å². The minimum atomic E-state index is -3.41. The molecular formula is C11H16N2O4S. The lowest BCUT2D eigenvalue weighted by Gasteiger charge is -2.25. The Balaban J connectivity index is 3.09. The summed E-state index contributed by atoms with van der Waals surface area (Å²) in [6.45, 7) is 3.34. The molecule has 0 spiro atoms. The number of aromatic nitrogens is 1. The second-order valence-electron chi connectivity index (χ2n) is 4.70. The van der Waals surface area contributed by atoms with E-state index in [1.54, 1.807) is 13.8 Å². The molecule has 0 amide bonds. The molecule has 18 heavy (non-hydrogen) atoms. The lowest BCUT2D eigenvalue weighted by molar-refractivity contribution is -0.137. The molecule has 0 fully saturated rings. The van der Waals surface area contributed by atoms with Crippen LogP contribution in [0, 0.1) is 0 Å². The molecule has 0 atom stereocenters. The first-order valence-electron chi connectivity index (χ1n) is 5.27. The van der Waals surface area contributed by atoms with Gasteiger partial charge in [0.1, 0.15) is 10.7 Å². The quantitative estimate of drug-likeness (QED) is 0.834. The molecule has 0 aliphatic heterocycles. The Morgan fingerprint density at radius 2 is 2.11 bits per heavy atom. The van der Waals surface area contributed by atoms with Crippen molar-refractivity contribution in [1.29, 1.82) is 0 Å². The van der Waals surface area contributed by atoms with E-state index in [1.165, 1.54) is 18.3 Å². The van der Waals surface area contributed by atoms with Gasteiger partial charge in [0.05, 0.1) is 6.42 Å². The molecule has 0 aliphatic carbocycles. The summed E-state index contributed by atoms with van der Waals surface area (Å²) >= 11 is 0. The topological polar surface area (TPSA) is 96.4 Å². The van der Waals surface area contributed by atoms with Gasteiger partial charge in [-0.2, -0.15) is 0 Å². The normalized spacial score (nSPS) is 12.2. The van der Waals surface area contributed by atoms with Crippen molar-refractivity contribution in [3.05, 3.63) is 18.3 Å². The number of anilines is 1. The minimum Gasteiger partial charge on any atom is -0.481 e. The summed E-state index contributed by atoms with van der Waals surface area (Å²) in [6.07, 6.45) is 2.39. The van der Waals surface area contributed by atoms with Crippen LogP contribution >= 0.6 is 0 Å². The van der Waals surface area contributed by atoms with Gasteiger partial charge in [0.15, 0.2) is 9.84 Å². The Morgan fingerprint density at radius 3 is 2.61 bits per heavy atom. The summed E-state index contributed by atoms with van der Waals surface area (Å²) in [5, 5.41) is 11.6. The molecule has 1 aromatic rings. The van der Waals surface area contributed by atoms with Gasteiger partial charge in [-0.15, -0.1) is 0 Å². The molecule has 0 unspecified atom stereocenters. The maximum Gasteiger partial charge on any atom is 0.305 e. The molecule has 0 saturated carbocycles. The van der Waals surface area contributed by atoms with E-state index in [4.69, 9.17) is 5.11 Å². The summed E-state index contributed by atoms with van der Waals surface area (Å²) in [7, 11) is -3.41. The van der Waals surface area contributed by atoms with Crippen LogP contribution in [0.25, 0.3) is 0 Å². The largest absolute Gasteiger partial charge is 0.481 e. The number of aliphatic carboxylic acids is 1. The molecule has 2 N–H and O–H groups in total. The van der Waals surface area contributed by atoms with E-state index in [9.17, 15) is 13.2 Å². The van der Waals surface area contributed by atoms with Crippen molar-refractivity contribution < 1.29 is 18.3 Å². The van der Waals surface area contributed by atoms with Crippen LogP contribution in [0.3, 0.4) is 0 Å². The number of pyridine rings is 1. The van der Waals surface area contributed by atoms with Crippen LogP contribution in [-0.4, -0.2) is 36.3 Å². The average Bonchev–Trinajstić information content (AvgIpc) is 2.13. The van der Waals surface area contributed by atoms with Crippen LogP contribution in [0.15, 0.2) is 23.2 Å². The molecule has 0 radical (unpaired) electrons. The monoisotopic (exact) mass is 272 g/mol. The number of nitrogens with zero attached hydrogens (tertiary/aromatic N) is 1. The second kappa shape index (κ2) is 4.93. The number of carboxylic acid groups (broad SMARTS) is 1. The van der Waals surface area contributed by atoms with Crippen molar-refractivity contribution in [2.75, 3.05) is 11.6 Å². The third kappa shape index (κ3) is 3.99. The Morgan fingerprint density at radius 1 is 1.50 bits per heavy atom. The second-order valence-corrected chi connectivity index (χ2v) is 6.69. The number of hydrogen-bond donors (Lipinski definition) is 2. The molecule has 1 heterocycles. The third-order valence-electron chi connectivity index (χ3n) is 2.22. The fraction of sp³-hybridized carbons (Fsp3) is 0.455. The number of carbonyl (C=O) groups is 1. The van der Waals surface area contributed by atoms with Gasteiger partial charge in [0.25, 0.3) is 0 Å². The van der Waals surface area contributed by atoms with Gasteiger partial charge < -0.3 is 10.4 Å². The van der Waals surface area contributed by atoms with E-state index in [2.05, 4.69) is 10.3 Å². The van der Waals surface area contributed by atoms with Crippen LogP contribution in [0.2, 0.25) is 0 Å². The van der Waals surface area contributed by atoms with Crippen molar-refractivity contribution >= 4 is 21.6 Å². The maximum atomic E-state index is 11.6. The number of sulfone groups is 1. The SMILES string of the molecule is CC(C)(CC(=O)O)Nc1ncccc1S(C)(=O)=O. The van der Waals surface area contributed by atoms with Gasteiger partial charge >= 0.3 is 5.97 Å². The Hall–Kier alpha value is -1.63. The first-order valence-corrected chi connectivity index (χ1v) is 7.16. The molecule has 0 bridgehead atoms.